The highest BCUT2D eigenvalue weighted by atomic mass is 19.4. The summed E-state index contributed by atoms with van der Waals surface area (Å²) in [7, 11) is 0. The first-order valence-corrected chi connectivity index (χ1v) is 2.96. The molecule has 0 saturated carbocycles. The summed E-state index contributed by atoms with van der Waals surface area (Å²) in [5.41, 5.74) is 0. The topological polar surface area (TPSA) is 9.23 Å². The molecule has 0 aromatic carbocycles. The Labute approximate surface area is 57.5 Å². The van der Waals surface area contributed by atoms with Crippen molar-refractivity contribution >= 4 is 0 Å². The van der Waals surface area contributed by atoms with Gasteiger partial charge in [0.1, 0.15) is 0 Å². The van der Waals surface area contributed by atoms with Crippen molar-refractivity contribution in [3.63, 3.8) is 0 Å². The summed E-state index contributed by atoms with van der Waals surface area (Å²) in [6, 6.07) is 0. The van der Waals surface area contributed by atoms with Gasteiger partial charge in [0.2, 0.25) is 0 Å². The van der Waals surface area contributed by atoms with Crippen molar-refractivity contribution < 1.29 is 17.9 Å². The lowest BCUT2D eigenvalue weighted by Gasteiger charge is -2.01. The van der Waals surface area contributed by atoms with Crippen molar-refractivity contribution in [3.05, 3.63) is 12.3 Å². The summed E-state index contributed by atoms with van der Waals surface area (Å²) in [6.07, 6.45) is -1.10. The maximum Gasteiger partial charge on any atom is 0.572 e. The van der Waals surface area contributed by atoms with Crippen LogP contribution in [0.3, 0.4) is 0 Å². The van der Waals surface area contributed by atoms with Crippen LogP contribution in [0.4, 0.5) is 13.2 Å². The Morgan fingerprint density at radius 2 is 2.00 bits per heavy atom. The first kappa shape index (κ1) is 9.33. The number of hydrogen-bond acceptors (Lipinski definition) is 1. The Bertz CT molecular complexity index is 106. The van der Waals surface area contributed by atoms with E-state index in [1.165, 1.54) is 6.08 Å². The van der Waals surface area contributed by atoms with Crippen LogP contribution < -0.4 is 0 Å². The normalized spacial score (nSPS) is 12.4. The molecule has 0 aliphatic carbocycles. The van der Waals surface area contributed by atoms with Crippen LogP contribution in [-0.2, 0) is 4.74 Å². The maximum atomic E-state index is 11.2. The van der Waals surface area contributed by atoms with Crippen LogP contribution in [0.1, 0.15) is 19.8 Å². The molecule has 1 nitrogen and oxygen atoms in total. The summed E-state index contributed by atoms with van der Waals surface area (Å²) < 4.78 is 37.0. The lowest BCUT2D eigenvalue weighted by atomic mass is 10.3. The Hall–Kier alpha value is -0.670. The summed E-state index contributed by atoms with van der Waals surface area (Å²) in [4.78, 5) is 0. The van der Waals surface area contributed by atoms with Crippen LogP contribution in [0.25, 0.3) is 0 Å². The molecule has 60 valence electrons. The van der Waals surface area contributed by atoms with E-state index in [1.807, 2.05) is 6.92 Å². The highest BCUT2D eigenvalue weighted by molar-refractivity contribution is 4.72. The first-order chi connectivity index (χ1) is 4.56. The highest BCUT2D eigenvalue weighted by Crippen LogP contribution is 2.16. The molecule has 0 aliphatic rings. The van der Waals surface area contributed by atoms with Crippen molar-refractivity contribution in [2.24, 2.45) is 0 Å². The summed E-state index contributed by atoms with van der Waals surface area (Å²) in [5, 5.41) is 0. The quantitative estimate of drug-likeness (QED) is 0.568. The number of hydrogen-bond donors (Lipinski definition) is 0. The largest absolute Gasteiger partial charge is 0.572 e. The van der Waals surface area contributed by atoms with Crippen LogP contribution in [0, 0.1) is 0 Å². The van der Waals surface area contributed by atoms with Crippen LogP contribution >= 0.6 is 0 Å². The van der Waals surface area contributed by atoms with Crippen molar-refractivity contribution in [2.45, 2.75) is 26.1 Å². The zero-order chi connectivity index (χ0) is 8.04. The van der Waals surface area contributed by atoms with E-state index in [4.69, 9.17) is 0 Å². The van der Waals surface area contributed by atoms with Crippen LogP contribution in [0.5, 0.6) is 0 Å². The minimum atomic E-state index is -4.54. The molecule has 0 bridgehead atoms. The monoisotopic (exact) mass is 154 g/mol. The van der Waals surface area contributed by atoms with E-state index < -0.39 is 6.36 Å². The fraction of sp³-hybridized carbons (Fsp3) is 0.667. The van der Waals surface area contributed by atoms with Crippen molar-refractivity contribution in [1.82, 2.24) is 0 Å². The van der Waals surface area contributed by atoms with Crippen molar-refractivity contribution in [2.75, 3.05) is 0 Å². The zero-order valence-electron chi connectivity index (χ0n) is 5.61. The van der Waals surface area contributed by atoms with Gasteiger partial charge in [0.05, 0.1) is 6.26 Å². The molecule has 0 N–H and O–H groups in total. The molecule has 0 aromatic rings. The predicted molar refractivity (Wildman–Crippen MR) is 31.2 cm³/mol. The van der Waals surface area contributed by atoms with Gasteiger partial charge in [-0.15, -0.1) is 13.2 Å². The third-order valence-electron chi connectivity index (χ3n) is 0.753. The molecule has 4 heteroatoms. The second kappa shape index (κ2) is 4.19. The molecule has 0 rings (SSSR count). The SMILES string of the molecule is CCC/C=C\OC(F)(F)F. The molecule has 0 fully saturated rings. The Morgan fingerprint density at radius 3 is 2.40 bits per heavy atom. The molecule has 0 radical (unpaired) electrons. The van der Waals surface area contributed by atoms with Crippen LogP contribution in [0.2, 0.25) is 0 Å². The van der Waals surface area contributed by atoms with E-state index in [-0.39, 0.29) is 0 Å². The lowest BCUT2D eigenvalue weighted by Crippen LogP contribution is -2.08. The minimum absolute atomic E-state index is 0.607. The highest BCUT2D eigenvalue weighted by Gasteiger charge is 2.28. The average molecular weight is 154 g/mol. The molecule has 0 unspecified atom stereocenters. The van der Waals surface area contributed by atoms with E-state index in [9.17, 15) is 13.2 Å². The van der Waals surface area contributed by atoms with E-state index in [1.54, 1.807) is 0 Å². The number of halogens is 3. The lowest BCUT2D eigenvalue weighted by molar-refractivity contribution is -0.298. The van der Waals surface area contributed by atoms with Gasteiger partial charge in [0, 0.05) is 0 Å². The molecule has 0 saturated heterocycles. The second-order valence-corrected chi connectivity index (χ2v) is 1.72. The molecule has 0 amide bonds. The van der Waals surface area contributed by atoms with Crippen LogP contribution in [-0.4, -0.2) is 6.36 Å². The van der Waals surface area contributed by atoms with Gasteiger partial charge >= 0.3 is 6.36 Å². The van der Waals surface area contributed by atoms with Gasteiger partial charge in [0.15, 0.2) is 0 Å². The number of unbranched alkanes of at least 4 members (excludes halogenated alkanes) is 1. The molecular weight excluding hydrogens is 145 g/mol. The second-order valence-electron chi connectivity index (χ2n) is 1.72. The maximum absolute atomic E-state index is 11.2. The molecule has 0 spiro atoms. The van der Waals surface area contributed by atoms with Gasteiger partial charge in [-0.05, 0) is 12.5 Å². The van der Waals surface area contributed by atoms with Gasteiger partial charge < -0.3 is 4.74 Å². The van der Waals surface area contributed by atoms with Crippen molar-refractivity contribution in [1.29, 1.82) is 0 Å². The Balaban J connectivity index is 3.34. The fourth-order valence-corrected chi connectivity index (χ4v) is 0.360. The first-order valence-electron chi connectivity index (χ1n) is 2.96. The number of allylic oxidation sites excluding steroid dienone is 1. The Morgan fingerprint density at radius 1 is 1.40 bits per heavy atom. The van der Waals surface area contributed by atoms with E-state index in [2.05, 4.69) is 4.74 Å². The summed E-state index contributed by atoms with van der Waals surface area (Å²) in [5.74, 6) is 0. The van der Waals surface area contributed by atoms with Gasteiger partial charge in [0.25, 0.3) is 0 Å². The summed E-state index contributed by atoms with van der Waals surface area (Å²) >= 11 is 0. The van der Waals surface area contributed by atoms with E-state index in [0.717, 1.165) is 6.42 Å². The standard InChI is InChI=1S/C6H9F3O/c1-2-3-4-5-10-6(7,8)9/h4-5H,2-3H2,1H3/b5-4-. The number of alkyl halides is 3. The molecular formula is C6H9F3O. The van der Waals surface area contributed by atoms with Gasteiger partial charge in [-0.1, -0.05) is 13.3 Å². The van der Waals surface area contributed by atoms with Gasteiger partial charge in [-0.3, -0.25) is 0 Å². The fourth-order valence-electron chi connectivity index (χ4n) is 0.360. The molecule has 10 heavy (non-hydrogen) atoms. The van der Waals surface area contributed by atoms with E-state index in [0.29, 0.717) is 12.7 Å². The van der Waals surface area contributed by atoms with Crippen molar-refractivity contribution in [3.8, 4) is 0 Å². The van der Waals surface area contributed by atoms with Gasteiger partial charge in [-0.2, -0.15) is 0 Å². The van der Waals surface area contributed by atoms with E-state index >= 15 is 0 Å². The molecule has 0 aliphatic heterocycles. The Kier molecular flexibility index (Phi) is 3.91. The molecule has 0 aromatic heterocycles. The summed E-state index contributed by atoms with van der Waals surface area (Å²) in [6.45, 7) is 1.87. The van der Waals surface area contributed by atoms with Gasteiger partial charge in [-0.25, -0.2) is 0 Å². The zero-order valence-corrected chi connectivity index (χ0v) is 5.61. The average Bonchev–Trinajstić information content (AvgIpc) is 1.78. The predicted octanol–water partition coefficient (Wildman–Crippen LogP) is 2.84. The molecule has 0 heterocycles. The van der Waals surface area contributed by atoms with Crippen LogP contribution in [0.15, 0.2) is 12.3 Å². The third-order valence-corrected chi connectivity index (χ3v) is 0.753. The number of ether oxygens (including phenoxy) is 1. The minimum Gasteiger partial charge on any atom is -0.414 e. The third kappa shape index (κ3) is 7.33. The number of rotatable bonds is 3. The smallest absolute Gasteiger partial charge is 0.414 e. The molecule has 0 atom stereocenters.